The van der Waals surface area contributed by atoms with Gasteiger partial charge in [-0.15, -0.1) is 0 Å². The zero-order valence-corrected chi connectivity index (χ0v) is 16.5. The highest BCUT2D eigenvalue weighted by atomic mass is 79.9. The van der Waals surface area contributed by atoms with Gasteiger partial charge in [0.05, 0.1) is 16.8 Å². The molecule has 0 radical (unpaired) electrons. The van der Waals surface area contributed by atoms with Crippen LogP contribution in [0.15, 0.2) is 65.4 Å². The highest BCUT2D eigenvalue weighted by Crippen LogP contribution is 2.37. The molecule has 0 fully saturated rings. The van der Waals surface area contributed by atoms with Crippen LogP contribution in [0.25, 0.3) is 0 Å². The lowest BCUT2D eigenvalue weighted by Gasteiger charge is -2.16. The van der Waals surface area contributed by atoms with E-state index in [0.717, 1.165) is 18.2 Å². The maximum Gasteiger partial charge on any atom is 0.418 e. The number of hydrogen-bond acceptors (Lipinski definition) is 3. The van der Waals surface area contributed by atoms with Crippen LogP contribution in [-0.2, 0) is 6.18 Å². The largest absolute Gasteiger partial charge is 0.418 e. The molecule has 0 saturated heterocycles. The van der Waals surface area contributed by atoms with Crippen molar-refractivity contribution in [1.82, 2.24) is 4.98 Å². The van der Waals surface area contributed by atoms with E-state index in [1.807, 2.05) is 0 Å². The molecule has 0 aliphatic carbocycles. The van der Waals surface area contributed by atoms with Gasteiger partial charge in [0.15, 0.2) is 0 Å². The van der Waals surface area contributed by atoms with Crippen molar-refractivity contribution in [1.29, 1.82) is 0 Å². The number of halogens is 5. The maximum atomic E-state index is 13.5. The van der Waals surface area contributed by atoms with Crippen LogP contribution in [0.2, 0.25) is 0 Å². The van der Waals surface area contributed by atoms with Crippen LogP contribution in [0.3, 0.4) is 0 Å². The molecular formula is C20H12BrF4N3O2. The third-order valence-corrected chi connectivity index (χ3v) is 4.34. The van der Waals surface area contributed by atoms with Crippen LogP contribution in [0.4, 0.5) is 28.9 Å². The Morgan fingerprint density at radius 2 is 1.53 bits per heavy atom. The number of amides is 2. The molecule has 2 aromatic carbocycles. The van der Waals surface area contributed by atoms with E-state index in [9.17, 15) is 27.2 Å². The van der Waals surface area contributed by atoms with Crippen LogP contribution < -0.4 is 10.6 Å². The fourth-order valence-electron chi connectivity index (χ4n) is 2.50. The first-order chi connectivity index (χ1) is 14.1. The Hall–Kier alpha value is -3.27. The maximum absolute atomic E-state index is 13.5. The second kappa shape index (κ2) is 8.62. The summed E-state index contributed by atoms with van der Waals surface area (Å²) >= 11 is 3.13. The zero-order valence-electron chi connectivity index (χ0n) is 14.9. The van der Waals surface area contributed by atoms with Crippen LogP contribution in [0.5, 0.6) is 0 Å². The van der Waals surface area contributed by atoms with Crippen LogP contribution >= 0.6 is 15.9 Å². The zero-order chi connectivity index (χ0) is 21.9. The number of carbonyl (C=O) groups excluding carboxylic acids is 2. The molecule has 2 amide bonds. The fraction of sp³-hybridized carbons (Fsp3) is 0.0500. The Kier molecular flexibility index (Phi) is 6.16. The molecule has 0 aliphatic heterocycles. The number of anilines is 2. The second-order valence-electron chi connectivity index (χ2n) is 6.07. The van der Waals surface area contributed by atoms with Gasteiger partial charge in [-0.25, -0.2) is 4.39 Å². The van der Waals surface area contributed by atoms with Crippen molar-refractivity contribution in [3.8, 4) is 0 Å². The lowest BCUT2D eigenvalue weighted by Crippen LogP contribution is -2.18. The first-order valence-corrected chi connectivity index (χ1v) is 9.13. The van der Waals surface area contributed by atoms with Crippen molar-refractivity contribution in [3.63, 3.8) is 0 Å². The van der Waals surface area contributed by atoms with Crippen molar-refractivity contribution in [2.24, 2.45) is 0 Å². The number of pyridine rings is 1. The summed E-state index contributed by atoms with van der Waals surface area (Å²) in [6, 6.07) is 8.89. The average Bonchev–Trinajstić information content (AvgIpc) is 2.68. The minimum absolute atomic E-state index is 0.0613. The number of nitrogens with one attached hydrogen (secondary N) is 2. The molecule has 2 N–H and O–H groups in total. The number of hydrogen-bond donors (Lipinski definition) is 2. The van der Waals surface area contributed by atoms with E-state index < -0.39 is 35.1 Å². The number of nitrogens with zero attached hydrogens (tertiary/aromatic N) is 1. The van der Waals surface area contributed by atoms with E-state index in [2.05, 4.69) is 31.5 Å². The van der Waals surface area contributed by atoms with Gasteiger partial charge >= 0.3 is 6.18 Å². The summed E-state index contributed by atoms with van der Waals surface area (Å²) in [6.45, 7) is 0. The first kappa shape index (κ1) is 21.4. The molecule has 0 bridgehead atoms. The summed E-state index contributed by atoms with van der Waals surface area (Å²) in [5, 5.41) is 4.52. The SMILES string of the molecule is O=C(Nc1ccc(NC(=O)c2cncc(Br)c2)c(C(F)(F)F)c1)c1ccc(F)cc1. The highest BCUT2D eigenvalue weighted by molar-refractivity contribution is 9.10. The van der Waals surface area contributed by atoms with Crippen molar-refractivity contribution >= 4 is 39.1 Å². The molecule has 10 heteroatoms. The van der Waals surface area contributed by atoms with Crippen molar-refractivity contribution in [3.05, 3.63) is 87.9 Å². The normalized spacial score (nSPS) is 11.1. The van der Waals surface area contributed by atoms with E-state index in [-0.39, 0.29) is 16.8 Å². The summed E-state index contributed by atoms with van der Waals surface area (Å²) in [6.07, 6.45) is -2.16. The fourth-order valence-corrected chi connectivity index (χ4v) is 2.87. The van der Waals surface area contributed by atoms with E-state index in [1.165, 1.54) is 36.7 Å². The topological polar surface area (TPSA) is 71.1 Å². The molecule has 3 aromatic rings. The van der Waals surface area contributed by atoms with Crippen LogP contribution in [0, 0.1) is 5.82 Å². The highest BCUT2D eigenvalue weighted by Gasteiger charge is 2.34. The molecule has 0 spiro atoms. The summed E-state index contributed by atoms with van der Waals surface area (Å²) in [5.41, 5.74) is -1.63. The Morgan fingerprint density at radius 1 is 0.867 bits per heavy atom. The van der Waals surface area contributed by atoms with E-state index in [1.54, 1.807) is 0 Å². The lowest BCUT2D eigenvalue weighted by atomic mass is 10.1. The third kappa shape index (κ3) is 5.20. The van der Waals surface area contributed by atoms with Gasteiger partial charge in [0.1, 0.15) is 5.82 Å². The molecule has 0 saturated carbocycles. The molecule has 5 nitrogen and oxygen atoms in total. The number of alkyl halides is 3. The Balaban J connectivity index is 1.86. The first-order valence-electron chi connectivity index (χ1n) is 8.33. The Morgan fingerprint density at radius 3 is 2.17 bits per heavy atom. The summed E-state index contributed by atoms with van der Waals surface area (Å²) in [5.74, 6) is -2.04. The van der Waals surface area contributed by atoms with Crippen LogP contribution in [-0.4, -0.2) is 16.8 Å². The van der Waals surface area contributed by atoms with Crippen molar-refractivity contribution < 1.29 is 27.2 Å². The minimum atomic E-state index is -4.80. The third-order valence-electron chi connectivity index (χ3n) is 3.90. The number of rotatable bonds is 4. The molecule has 0 atom stereocenters. The average molecular weight is 482 g/mol. The Bertz CT molecular complexity index is 1100. The Labute approximate surface area is 176 Å². The molecule has 1 heterocycles. The quantitative estimate of drug-likeness (QED) is 0.483. The van der Waals surface area contributed by atoms with Gasteiger partial charge in [0.2, 0.25) is 0 Å². The summed E-state index contributed by atoms with van der Waals surface area (Å²) in [4.78, 5) is 28.2. The summed E-state index contributed by atoms with van der Waals surface area (Å²) in [7, 11) is 0. The molecular weight excluding hydrogens is 470 g/mol. The smallest absolute Gasteiger partial charge is 0.322 e. The predicted molar refractivity (Wildman–Crippen MR) is 106 cm³/mol. The predicted octanol–water partition coefficient (Wildman–Crippen LogP) is 5.51. The van der Waals surface area contributed by atoms with E-state index >= 15 is 0 Å². The monoisotopic (exact) mass is 481 g/mol. The van der Waals surface area contributed by atoms with Gasteiger partial charge < -0.3 is 10.6 Å². The lowest BCUT2D eigenvalue weighted by molar-refractivity contribution is -0.136. The number of carbonyl (C=O) groups is 2. The van der Waals surface area contributed by atoms with Gasteiger partial charge in [0, 0.05) is 28.1 Å². The van der Waals surface area contributed by atoms with E-state index in [4.69, 9.17) is 0 Å². The standard InChI is InChI=1S/C20H12BrF4N3O2/c21-13-7-12(9-26-10-13)19(30)28-17-6-5-15(8-16(17)20(23,24)25)27-18(29)11-1-3-14(22)4-2-11/h1-10H,(H,27,29)(H,28,30). The molecule has 1 aromatic heterocycles. The van der Waals surface area contributed by atoms with Gasteiger partial charge in [-0.1, -0.05) is 0 Å². The van der Waals surface area contributed by atoms with Gasteiger partial charge in [-0.2, -0.15) is 13.2 Å². The van der Waals surface area contributed by atoms with Crippen molar-refractivity contribution in [2.45, 2.75) is 6.18 Å². The van der Waals surface area contributed by atoms with E-state index in [0.29, 0.717) is 10.5 Å². The molecule has 30 heavy (non-hydrogen) atoms. The molecule has 0 unspecified atom stereocenters. The van der Waals surface area contributed by atoms with Crippen molar-refractivity contribution in [2.75, 3.05) is 10.6 Å². The second-order valence-corrected chi connectivity index (χ2v) is 6.98. The molecule has 3 rings (SSSR count). The molecule has 0 aliphatic rings. The molecule has 154 valence electrons. The van der Waals surface area contributed by atoms with Gasteiger partial charge in [-0.3, -0.25) is 14.6 Å². The number of aromatic nitrogens is 1. The van der Waals surface area contributed by atoms with Gasteiger partial charge in [-0.05, 0) is 64.5 Å². The minimum Gasteiger partial charge on any atom is -0.322 e. The van der Waals surface area contributed by atoms with Gasteiger partial charge in [0.25, 0.3) is 11.8 Å². The number of benzene rings is 2. The summed E-state index contributed by atoms with van der Waals surface area (Å²) < 4.78 is 54.0. The van der Waals surface area contributed by atoms with Crippen LogP contribution in [0.1, 0.15) is 26.3 Å².